The fourth-order valence-electron chi connectivity index (χ4n) is 10.3. The molecule has 0 aromatic carbocycles. The normalized spacial score (nSPS) is 43.1. The van der Waals surface area contributed by atoms with Gasteiger partial charge in [-0.1, -0.05) is 76.2 Å². The highest BCUT2D eigenvalue weighted by Crippen LogP contribution is 2.70. The van der Waals surface area contributed by atoms with Crippen molar-refractivity contribution in [1.82, 2.24) is 0 Å². The van der Waals surface area contributed by atoms with E-state index in [1.165, 1.54) is 0 Å². The van der Waals surface area contributed by atoms with Crippen LogP contribution in [0, 0.1) is 34.5 Å². The highest BCUT2D eigenvalue weighted by atomic mass is 28.4. The molecule has 1 saturated heterocycles. The maximum Gasteiger partial charge on any atom is 0.192 e. The molecule has 4 saturated carbocycles. The van der Waals surface area contributed by atoms with E-state index >= 15 is 0 Å². The summed E-state index contributed by atoms with van der Waals surface area (Å²) in [6, 6.07) is 0. The van der Waals surface area contributed by atoms with Gasteiger partial charge in [0.2, 0.25) is 0 Å². The van der Waals surface area contributed by atoms with Gasteiger partial charge in [0.05, 0.1) is 36.6 Å². The van der Waals surface area contributed by atoms with Crippen molar-refractivity contribution in [2.75, 3.05) is 0 Å². The summed E-state index contributed by atoms with van der Waals surface area (Å²) >= 11 is 0. The van der Waals surface area contributed by atoms with Crippen LogP contribution in [0.5, 0.6) is 0 Å². The third-order valence-electron chi connectivity index (χ3n) is 16.1. The minimum Gasteiger partial charge on any atom is -0.413 e. The van der Waals surface area contributed by atoms with Crippen LogP contribution in [0.1, 0.15) is 122 Å². The summed E-state index contributed by atoms with van der Waals surface area (Å²) in [7, 11) is -6.33. The van der Waals surface area contributed by atoms with Crippen molar-refractivity contribution in [1.29, 1.82) is 0 Å². The number of rotatable bonds is 6. The lowest BCUT2D eigenvalue weighted by Crippen LogP contribution is -2.71. The minimum absolute atomic E-state index is 0.00236. The van der Waals surface area contributed by atoms with Gasteiger partial charge in [0.15, 0.2) is 30.7 Å². The Morgan fingerprint density at radius 2 is 1.10 bits per heavy atom. The minimum atomic E-state index is -2.22. The van der Waals surface area contributed by atoms with Crippen LogP contribution >= 0.6 is 0 Å². The lowest BCUT2D eigenvalue weighted by atomic mass is 9.42. The van der Waals surface area contributed by atoms with Gasteiger partial charge in [-0.25, -0.2) is 0 Å². The topological polar surface area (TPSA) is 66.4 Å². The van der Waals surface area contributed by atoms with Gasteiger partial charge in [-0.2, -0.15) is 0 Å². The van der Waals surface area contributed by atoms with Crippen molar-refractivity contribution in [3.63, 3.8) is 0 Å². The largest absolute Gasteiger partial charge is 0.413 e. The zero-order valence-electron chi connectivity index (χ0n) is 35.3. The predicted octanol–water partition coefficient (Wildman–Crippen LogP) is 10.5. The van der Waals surface area contributed by atoms with E-state index in [1.807, 2.05) is 0 Å². The van der Waals surface area contributed by atoms with Gasteiger partial charge in [-0.3, -0.25) is 0 Å². The number of hydrogen-bond donors (Lipinski definition) is 1. The fourth-order valence-corrected chi connectivity index (χ4v) is 14.5. The molecule has 5 aliphatic rings. The number of fused-ring (bicyclic) bond motifs is 8. The van der Waals surface area contributed by atoms with Gasteiger partial charge in [0.1, 0.15) is 0 Å². The molecule has 0 aromatic heterocycles. The number of ether oxygens (including phenoxy) is 2. The Balaban J connectivity index is 1.60. The molecule has 0 bridgehead atoms. The van der Waals surface area contributed by atoms with E-state index in [0.29, 0.717) is 5.92 Å². The predicted molar refractivity (Wildman–Crippen MR) is 209 cm³/mol. The molecular weight excluding hydrogens is 661 g/mol. The molecule has 5 fully saturated rings. The van der Waals surface area contributed by atoms with E-state index in [-0.39, 0.29) is 74.2 Å². The van der Waals surface area contributed by atoms with Gasteiger partial charge in [-0.05, 0) is 129 Å². The van der Waals surface area contributed by atoms with E-state index in [1.54, 1.807) is 0 Å². The third-order valence-corrected chi connectivity index (χ3v) is 29.6. The molecule has 4 unspecified atom stereocenters. The van der Waals surface area contributed by atoms with Crippen LogP contribution < -0.4 is 0 Å². The zero-order chi connectivity index (χ0) is 37.3. The van der Waals surface area contributed by atoms with Crippen LogP contribution in [0.2, 0.25) is 54.4 Å². The van der Waals surface area contributed by atoms with Crippen molar-refractivity contribution in [2.45, 2.75) is 219 Å². The maximum atomic E-state index is 12.7. The molecule has 0 spiro atoms. The van der Waals surface area contributed by atoms with E-state index in [9.17, 15) is 5.11 Å². The molecule has 0 radical (unpaired) electrons. The molecule has 286 valence electrons. The lowest BCUT2D eigenvalue weighted by Gasteiger charge is -2.66. The highest BCUT2D eigenvalue weighted by molar-refractivity contribution is 6.75. The highest BCUT2D eigenvalue weighted by Gasteiger charge is 2.73. The molecule has 6 nitrogen and oxygen atoms in total. The Labute approximate surface area is 305 Å². The zero-order valence-corrected chi connectivity index (χ0v) is 38.3. The average molecular weight is 739 g/mol. The number of aliphatic hydroxyl groups is 1. The summed E-state index contributed by atoms with van der Waals surface area (Å²) in [6.45, 7) is 44.5. The Morgan fingerprint density at radius 1 is 0.612 bits per heavy atom. The molecule has 0 amide bonds. The monoisotopic (exact) mass is 739 g/mol. The first kappa shape index (κ1) is 40.6. The fraction of sp³-hybridized carbons (Fsp3) is 1.00. The first-order chi connectivity index (χ1) is 21.8. The smallest absolute Gasteiger partial charge is 0.192 e. The van der Waals surface area contributed by atoms with Crippen LogP contribution in [0.25, 0.3) is 0 Å². The van der Waals surface area contributed by atoms with E-state index < -0.39 is 36.8 Å². The molecule has 9 heteroatoms. The van der Waals surface area contributed by atoms with Crippen molar-refractivity contribution in [3.05, 3.63) is 0 Å². The Bertz CT molecular complexity index is 1230. The first-order valence-electron chi connectivity index (χ1n) is 19.9. The second kappa shape index (κ2) is 12.2. The molecular formula is C40H78O6Si3. The van der Waals surface area contributed by atoms with Gasteiger partial charge in [0, 0.05) is 5.92 Å². The second-order valence-electron chi connectivity index (χ2n) is 22.8. The molecule has 1 heterocycles. The van der Waals surface area contributed by atoms with Crippen LogP contribution in [-0.2, 0) is 22.8 Å². The summed E-state index contributed by atoms with van der Waals surface area (Å²) in [5.74, 6) is 0.104. The third kappa shape index (κ3) is 6.74. The molecule has 0 aromatic rings. The molecule has 5 rings (SSSR count). The van der Waals surface area contributed by atoms with Crippen molar-refractivity contribution in [3.8, 4) is 0 Å². The van der Waals surface area contributed by atoms with Crippen LogP contribution in [-0.4, -0.2) is 72.5 Å². The Kier molecular flexibility index (Phi) is 10.1. The van der Waals surface area contributed by atoms with Crippen molar-refractivity contribution < 1.29 is 27.9 Å². The summed E-state index contributed by atoms with van der Waals surface area (Å²) in [4.78, 5) is 0. The summed E-state index contributed by atoms with van der Waals surface area (Å²) in [5.41, 5.74) is -0.269. The molecule has 4 aliphatic carbocycles. The van der Waals surface area contributed by atoms with Gasteiger partial charge in [-0.15, -0.1) is 0 Å². The Hall–Kier alpha value is 0.411. The second-order valence-corrected chi connectivity index (χ2v) is 37.1. The van der Waals surface area contributed by atoms with E-state index in [2.05, 4.69) is 129 Å². The van der Waals surface area contributed by atoms with E-state index in [0.717, 1.165) is 32.1 Å². The van der Waals surface area contributed by atoms with E-state index in [4.69, 9.17) is 22.8 Å². The molecule has 12 atom stereocenters. The van der Waals surface area contributed by atoms with Gasteiger partial charge >= 0.3 is 0 Å². The summed E-state index contributed by atoms with van der Waals surface area (Å²) in [5, 5.41) is 13.0. The number of hydrogen-bond acceptors (Lipinski definition) is 6. The average Bonchev–Trinajstić information content (AvgIpc) is 3.37. The Morgan fingerprint density at radius 3 is 1.63 bits per heavy atom. The molecule has 49 heavy (non-hydrogen) atoms. The number of aliphatic hydroxyl groups excluding tert-OH is 1. The maximum absolute atomic E-state index is 12.7. The summed E-state index contributed by atoms with van der Waals surface area (Å²) in [6.07, 6.45) is 4.35. The lowest BCUT2D eigenvalue weighted by molar-refractivity contribution is -0.246. The SMILES string of the molecule is CC1(C)O[C@@H]2C3C([C@H](O)C[C@@]4(C)C3CC[C@@H]4O[Si](C)(C)C(C)(C)C)[C@@]3(C)CC[C@@H](O[Si](C)(C)C(C)(C)C)[C@H](O[Si](C)(C)C(C)(C)C)C3[C@H]2O1. The standard InChI is InChI=1S/C40H78O6Si3/c1-35(2,3)47(14,15)44-27-22-23-39(12)30-26(41)24-40(13)25(20-21-28(40)45-48(16,17)36(4,5)6)29(30)33-34(43-38(10,11)42-33)31(39)32(27)46-49(18,19)37(7,8)9/h25-34,41H,20-24H2,1-19H3/t25?,26-,27-,28+,29?,30?,31?,32+,33-,34-,39-,40+/m1/s1. The quantitative estimate of drug-likeness (QED) is 0.274. The van der Waals surface area contributed by atoms with Crippen LogP contribution in [0.4, 0.5) is 0 Å². The van der Waals surface area contributed by atoms with Crippen LogP contribution in [0.3, 0.4) is 0 Å². The van der Waals surface area contributed by atoms with Crippen molar-refractivity contribution in [2.24, 2.45) is 34.5 Å². The van der Waals surface area contributed by atoms with Crippen molar-refractivity contribution >= 4 is 25.0 Å². The molecule has 1 N–H and O–H groups in total. The van der Waals surface area contributed by atoms with Crippen LogP contribution in [0.15, 0.2) is 0 Å². The summed E-state index contributed by atoms with van der Waals surface area (Å²) < 4.78 is 36.6. The first-order valence-corrected chi connectivity index (χ1v) is 28.6. The van der Waals surface area contributed by atoms with Gasteiger partial charge in [0.25, 0.3) is 0 Å². The van der Waals surface area contributed by atoms with Gasteiger partial charge < -0.3 is 27.9 Å². The molecule has 1 aliphatic heterocycles.